The van der Waals surface area contributed by atoms with Crippen LogP contribution in [0.5, 0.6) is 0 Å². The lowest BCUT2D eigenvalue weighted by molar-refractivity contribution is 0.789. The van der Waals surface area contributed by atoms with Crippen LogP contribution in [-0.2, 0) is 0 Å². The molecule has 0 rings (SSSR count). The van der Waals surface area contributed by atoms with E-state index in [-0.39, 0.29) is 0 Å². The fourth-order valence-electron chi connectivity index (χ4n) is 0.667. The number of allylic oxidation sites excluding steroid dienone is 3. The highest BCUT2D eigenvalue weighted by Crippen LogP contribution is 2.09. The van der Waals surface area contributed by atoms with E-state index in [1.165, 1.54) is 0 Å². The molecule has 0 fully saturated rings. The van der Waals surface area contributed by atoms with E-state index in [2.05, 4.69) is 32.0 Å². The van der Waals surface area contributed by atoms with Crippen LogP contribution < -0.4 is 0 Å². The molecule has 0 atom stereocenters. The second kappa shape index (κ2) is 5.53. The first-order valence-corrected chi connectivity index (χ1v) is 4.11. The summed E-state index contributed by atoms with van der Waals surface area (Å²) in [5, 5.41) is 0. The first-order chi connectivity index (χ1) is 5.61. The van der Waals surface area contributed by atoms with Crippen molar-refractivity contribution in [3.63, 3.8) is 0 Å². The van der Waals surface area contributed by atoms with Crippen LogP contribution in [0.25, 0.3) is 0 Å². The third-order valence-electron chi connectivity index (χ3n) is 1.62. The number of hydrogen-bond acceptors (Lipinski definition) is 1. The molecule has 0 aliphatic rings. The summed E-state index contributed by atoms with van der Waals surface area (Å²) in [4.78, 5) is 4.20. The van der Waals surface area contributed by atoms with Gasteiger partial charge in [0.25, 0.3) is 0 Å². The average molecular weight is 163 g/mol. The molecule has 0 spiro atoms. The summed E-state index contributed by atoms with van der Waals surface area (Å²) >= 11 is 0. The maximum absolute atomic E-state index is 4.20. The molecule has 0 radical (unpaired) electrons. The van der Waals surface area contributed by atoms with Crippen LogP contribution in [0.15, 0.2) is 42.1 Å². The van der Waals surface area contributed by atoms with Crippen LogP contribution in [0.4, 0.5) is 0 Å². The SMILES string of the molecule is C=CC(C)=N/C=C(\C=C)C(C)C. The Balaban J connectivity index is 4.50. The zero-order chi connectivity index (χ0) is 9.56. The Morgan fingerprint density at radius 2 is 1.83 bits per heavy atom. The van der Waals surface area contributed by atoms with Gasteiger partial charge >= 0.3 is 0 Å². The highest BCUT2D eigenvalue weighted by molar-refractivity contribution is 5.92. The Kier molecular flexibility index (Phi) is 5.02. The predicted molar refractivity (Wildman–Crippen MR) is 56.4 cm³/mol. The lowest BCUT2D eigenvalue weighted by atomic mass is 10.1. The van der Waals surface area contributed by atoms with Gasteiger partial charge in [0.1, 0.15) is 0 Å². The Morgan fingerprint density at radius 3 is 2.17 bits per heavy atom. The summed E-state index contributed by atoms with van der Waals surface area (Å²) in [6, 6.07) is 0. The van der Waals surface area contributed by atoms with E-state index in [9.17, 15) is 0 Å². The van der Waals surface area contributed by atoms with Crippen molar-refractivity contribution in [2.24, 2.45) is 10.9 Å². The van der Waals surface area contributed by atoms with Crippen LogP contribution in [0.1, 0.15) is 20.8 Å². The largest absolute Gasteiger partial charge is 0.261 e. The monoisotopic (exact) mass is 163 g/mol. The fourth-order valence-corrected chi connectivity index (χ4v) is 0.667. The molecule has 0 amide bonds. The van der Waals surface area contributed by atoms with Crippen LogP contribution in [0, 0.1) is 5.92 Å². The molecule has 66 valence electrons. The summed E-state index contributed by atoms with van der Waals surface area (Å²) in [5.74, 6) is 0.476. The van der Waals surface area contributed by atoms with Crippen LogP contribution >= 0.6 is 0 Å². The van der Waals surface area contributed by atoms with Gasteiger partial charge in [-0.2, -0.15) is 0 Å². The van der Waals surface area contributed by atoms with Crippen molar-refractivity contribution >= 4 is 5.71 Å². The van der Waals surface area contributed by atoms with Crippen molar-refractivity contribution in [1.82, 2.24) is 0 Å². The molecule has 0 saturated carbocycles. The van der Waals surface area contributed by atoms with E-state index >= 15 is 0 Å². The number of nitrogens with zero attached hydrogens (tertiary/aromatic N) is 1. The molecular formula is C11H17N. The third kappa shape index (κ3) is 3.91. The first-order valence-electron chi connectivity index (χ1n) is 4.11. The topological polar surface area (TPSA) is 12.4 Å². The highest BCUT2D eigenvalue weighted by Gasteiger charge is 1.95. The molecule has 0 aromatic carbocycles. The quantitative estimate of drug-likeness (QED) is 0.445. The number of aliphatic imine (C=N–C) groups is 1. The van der Waals surface area contributed by atoms with E-state index in [4.69, 9.17) is 0 Å². The lowest BCUT2D eigenvalue weighted by Gasteiger charge is -2.02. The van der Waals surface area contributed by atoms with Crippen molar-refractivity contribution in [3.05, 3.63) is 37.1 Å². The molecular weight excluding hydrogens is 146 g/mol. The van der Waals surface area contributed by atoms with Gasteiger partial charge in [-0.05, 0) is 24.5 Å². The van der Waals surface area contributed by atoms with Crippen LogP contribution in [0.2, 0.25) is 0 Å². The zero-order valence-corrected chi connectivity index (χ0v) is 8.17. The minimum absolute atomic E-state index is 0.476. The molecule has 0 saturated heterocycles. The summed E-state index contributed by atoms with van der Waals surface area (Å²) in [7, 11) is 0. The Labute approximate surface area is 75.2 Å². The molecule has 0 aliphatic heterocycles. The van der Waals surface area contributed by atoms with Gasteiger partial charge in [0.05, 0.1) is 0 Å². The van der Waals surface area contributed by atoms with E-state index < -0.39 is 0 Å². The molecule has 0 aliphatic carbocycles. The number of hydrogen-bond donors (Lipinski definition) is 0. The van der Waals surface area contributed by atoms with Gasteiger partial charge in [0.15, 0.2) is 0 Å². The molecule has 12 heavy (non-hydrogen) atoms. The molecule has 0 heterocycles. The highest BCUT2D eigenvalue weighted by atomic mass is 14.7. The summed E-state index contributed by atoms with van der Waals surface area (Å²) < 4.78 is 0. The third-order valence-corrected chi connectivity index (χ3v) is 1.62. The summed E-state index contributed by atoms with van der Waals surface area (Å²) in [5.41, 5.74) is 2.08. The Bertz CT molecular complexity index is 219. The molecule has 0 aromatic heterocycles. The lowest BCUT2D eigenvalue weighted by Crippen LogP contribution is -1.90. The van der Waals surface area contributed by atoms with Gasteiger partial charge in [0.2, 0.25) is 0 Å². The van der Waals surface area contributed by atoms with Gasteiger partial charge in [-0.1, -0.05) is 33.1 Å². The maximum atomic E-state index is 4.20. The van der Waals surface area contributed by atoms with Crippen molar-refractivity contribution in [1.29, 1.82) is 0 Å². The summed E-state index contributed by atoms with van der Waals surface area (Å²) in [6.07, 6.45) is 5.41. The standard InChI is InChI=1S/C11H17N/c1-6-10(5)12-8-11(7-2)9(3)4/h6-9H,1-2H2,3-5H3/b11-8+,12-10?. The van der Waals surface area contributed by atoms with E-state index in [0.717, 1.165) is 11.3 Å². The minimum Gasteiger partial charge on any atom is -0.261 e. The first kappa shape index (κ1) is 10.9. The van der Waals surface area contributed by atoms with Gasteiger partial charge in [-0.15, -0.1) is 0 Å². The minimum atomic E-state index is 0.476. The fraction of sp³-hybridized carbons (Fsp3) is 0.364. The molecule has 0 aromatic rings. The Morgan fingerprint density at radius 1 is 1.25 bits per heavy atom. The van der Waals surface area contributed by atoms with Crippen LogP contribution in [0.3, 0.4) is 0 Å². The van der Waals surface area contributed by atoms with Gasteiger partial charge in [-0.3, -0.25) is 4.99 Å². The molecule has 1 heteroatoms. The van der Waals surface area contributed by atoms with E-state index in [1.807, 2.05) is 19.2 Å². The van der Waals surface area contributed by atoms with Gasteiger partial charge < -0.3 is 0 Å². The molecule has 0 unspecified atom stereocenters. The average Bonchev–Trinajstić information content (AvgIpc) is 2.04. The number of rotatable bonds is 4. The summed E-state index contributed by atoms with van der Waals surface area (Å²) in [6.45, 7) is 13.5. The second-order valence-corrected chi connectivity index (χ2v) is 2.96. The maximum Gasteiger partial charge on any atom is 0.0366 e. The van der Waals surface area contributed by atoms with Crippen molar-refractivity contribution in [2.75, 3.05) is 0 Å². The van der Waals surface area contributed by atoms with Gasteiger partial charge in [-0.25, -0.2) is 0 Å². The normalized spacial score (nSPS) is 13.3. The molecule has 0 N–H and O–H groups in total. The van der Waals surface area contributed by atoms with E-state index in [0.29, 0.717) is 5.92 Å². The smallest absolute Gasteiger partial charge is 0.0366 e. The Hall–Kier alpha value is -1.11. The molecule has 0 bridgehead atoms. The van der Waals surface area contributed by atoms with Crippen molar-refractivity contribution in [3.8, 4) is 0 Å². The second-order valence-electron chi connectivity index (χ2n) is 2.96. The van der Waals surface area contributed by atoms with Crippen molar-refractivity contribution < 1.29 is 0 Å². The zero-order valence-electron chi connectivity index (χ0n) is 8.17. The predicted octanol–water partition coefficient (Wildman–Crippen LogP) is 3.36. The molecule has 1 nitrogen and oxygen atoms in total. The van der Waals surface area contributed by atoms with Crippen LogP contribution in [-0.4, -0.2) is 5.71 Å². The van der Waals surface area contributed by atoms with E-state index in [1.54, 1.807) is 6.08 Å². The van der Waals surface area contributed by atoms with Gasteiger partial charge in [0, 0.05) is 11.9 Å². The van der Waals surface area contributed by atoms with Crippen molar-refractivity contribution in [2.45, 2.75) is 20.8 Å².